The predicted octanol–water partition coefficient (Wildman–Crippen LogP) is 3.59. The van der Waals surface area contributed by atoms with Crippen LogP contribution in [0, 0.1) is 0 Å². The molecule has 1 aromatic rings. The van der Waals surface area contributed by atoms with Crippen molar-refractivity contribution in [1.29, 1.82) is 0 Å². The van der Waals surface area contributed by atoms with Crippen LogP contribution in [-0.4, -0.2) is 13.1 Å². The number of hydrogen-bond donors (Lipinski definition) is 2. The molecule has 1 aromatic carbocycles. The molecule has 3 atom stereocenters. The summed E-state index contributed by atoms with van der Waals surface area (Å²) < 4.78 is 0. The van der Waals surface area contributed by atoms with Crippen molar-refractivity contribution < 1.29 is 0 Å². The summed E-state index contributed by atoms with van der Waals surface area (Å²) in [5, 5.41) is 3.38. The van der Waals surface area contributed by atoms with Gasteiger partial charge in [-0.3, -0.25) is 0 Å². The van der Waals surface area contributed by atoms with E-state index in [1.54, 1.807) is 0 Å². The van der Waals surface area contributed by atoms with E-state index < -0.39 is 0 Å². The van der Waals surface area contributed by atoms with Gasteiger partial charge in [0.2, 0.25) is 0 Å². The molecule has 3 N–H and O–H groups in total. The molecular formula is C16H28N2. The van der Waals surface area contributed by atoms with Crippen LogP contribution in [0.5, 0.6) is 0 Å². The van der Waals surface area contributed by atoms with Gasteiger partial charge in [-0.05, 0) is 50.3 Å². The van der Waals surface area contributed by atoms with Gasteiger partial charge in [0.05, 0.1) is 0 Å². The van der Waals surface area contributed by atoms with E-state index in [1.807, 2.05) is 7.05 Å². The molecule has 2 nitrogen and oxygen atoms in total. The van der Waals surface area contributed by atoms with Crippen LogP contribution in [0.3, 0.4) is 0 Å². The maximum atomic E-state index is 5.83. The smallest absolute Gasteiger partial charge is 0.0318 e. The Balaban J connectivity index is 2.69. The number of benzene rings is 1. The van der Waals surface area contributed by atoms with Crippen molar-refractivity contribution in [2.45, 2.75) is 58.0 Å². The molecule has 0 saturated heterocycles. The molecule has 0 radical (unpaired) electrons. The van der Waals surface area contributed by atoms with Crippen LogP contribution in [0.2, 0.25) is 0 Å². The van der Waals surface area contributed by atoms with Gasteiger partial charge in [0, 0.05) is 12.1 Å². The second-order valence-corrected chi connectivity index (χ2v) is 5.37. The zero-order valence-corrected chi connectivity index (χ0v) is 12.2. The van der Waals surface area contributed by atoms with E-state index in [0.717, 1.165) is 12.8 Å². The van der Waals surface area contributed by atoms with Crippen molar-refractivity contribution in [3.63, 3.8) is 0 Å². The maximum absolute atomic E-state index is 5.83. The summed E-state index contributed by atoms with van der Waals surface area (Å²) in [6, 6.07) is 9.73. The zero-order chi connectivity index (χ0) is 13.5. The highest BCUT2D eigenvalue weighted by molar-refractivity contribution is 5.27. The standard InChI is InChI=1S/C16H28N2/c1-5-12(2)14-7-9-15(10-8-14)16(18-4)11-6-13(3)17/h7-10,12-13,16,18H,5-6,11,17H2,1-4H3. The van der Waals surface area contributed by atoms with Crippen molar-refractivity contribution in [2.75, 3.05) is 7.05 Å². The second kappa shape index (κ2) is 7.55. The van der Waals surface area contributed by atoms with Crippen LogP contribution >= 0.6 is 0 Å². The van der Waals surface area contributed by atoms with Crippen LogP contribution < -0.4 is 11.1 Å². The Morgan fingerprint density at radius 1 is 1.06 bits per heavy atom. The molecule has 0 spiro atoms. The molecule has 0 saturated carbocycles. The highest BCUT2D eigenvalue weighted by atomic mass is 14.9. The molecule has 18 heavy (non-hydrogen) atoms. The minimum atomic E-state index is 0.278. The molecule has 0 fully saturated rings. The maximum Gasteiger partial charge on any atom is 0.0318 e. The lowest BCUT2D eigenvalue weighted by molar-refractivity contribution is 0.496. The van der Waals surface area contributed by atoms with Crippen molar-refractivity contribution in [3.05, 3.63) is 35.4 Å². The molecular weight excluding hydrogens is 220 g/mol. The molecule has 1 rings (SSSR count). The Labute approximate surface area is 112 Å². The monoisotopic (exact) mass is 248 g/mol. The van der Waals surface area contributed by atoms with E-state index in [4.69, 9.17) is 5.73 Å². The van der Waals surface area contributed by atoms with Crippen LogP contribution in [0.1, 0.15) is 63.1 Å². The van der Waals surface area contributed by atoms with E-state index in [0.29, 0.717) is 12.0 Å². The van der Waals surface area contributed by atoms with Gasteiger partial charge < -0.3 is 11.1 Å². The molecule has 0 aromatic heterocycles. The summed E-state index contributed by atoms with van der Waals surface area (Å²) >= 11 is 0. The summed E-state index contributed by atoms with van der Waals surface area (Å²) in [5.74, 6) is 0.649. The molecule has 0 bridgehead atoms. The molecule has 0 aliphatic carbocycles. The lowest BCUT2D eigenvalue weighted by atomic mass is 9.94. The van der Waals surface area contributed by atoms with E-state index in [9.17, 15) is 0 Å². The van der Waals surface area contributed by atoms with Gasteiger partial charge in [-0.1, -0.05) is 38.1 Å². The van der Waals surface area contributed by atoms with Crippen molar-refractivity contribution in [2.24, 2.45) is 5.73 Å². The van der Waals surface area contributed by atoms with Crippen LogP contribution in [0.4, 0.5) is 0 Å². The summed E-state index contributed by atoms with van der Waals surface area (Å²) in [5.41, 5.74) is 8.63. The summed E-state index contributed by atoms with van der Waals surface area (Å²) in [4.78, 5) is 0. The molecule has 0 heterocycles. The fourth-order valence-corrected chi connectivity index (χ4v) is 2.20. The van der Waals surface area contributed by atoms with E-state index in [1.165, 1.54) is 17.5 Å². The van der Waals surface area contributed by atoms with Gasteiger partial charge in [-0.25, -0.2) is 0 Å². The first kappa shape index (κ1) is 15.2. The lowest BCUT2D eigenvalue weighted by Crippen LogP contribution is -2.21. The number of hydrogen-bond acceptors (Lipinski definition) is 2. The van der Waals surface area contributed by atoms with E-state index in [2.05, 4.69) is 50.4 Å². The van der Waals surface area contributed by atoms with Crippen LogP contribution in [-0.2, 0) is 0 Å². The third kappa shape index (κ3) is 4.43. The van der Waals surface area contributed by atoms with Crippen LogP contribution in [0.25, 0.3) is 0 Å². The fourth-order valence-electron chi connectivity index (χ4n) is 2.20. The second-order valence-electron chi connectivity index (χ2n) is 5.37. The minimum Gasteiger partial charge on any atom is -0.328 e. The van der Waals surface area contributed by atoms with Gasteiger partial charge in [-0.2, -0.15) is 0 Å². The average Bonchev–Trinajstić information content (AvgIpc) is 2.39. The molecule has 3 unspecified atom stereocenters. The van der Waals surface area contributed by atoms with E-state index in [-0.39, 0.29) is 6.04 Å². The van der Waals surface area contributed by atoms with Crippen LogP contribution in [0.15, 0.2) is 24.3 Å². The summed E-state index contributed by atoms with van der Waals surface area (Å²) in [6.45, 7) is 6.58. The highest BCUT2D eigenvalue weighted by Gasteiger charge is 2.10. The SMILES string of the molecule is CCC(C)c1ccc(C(CCC(C)N)NC)cc1. The topological polar surface area (TPSA) is 38.0 Å². The zero-order valence-electron chi connectivity index (χ0n) is 12.2. The highest BCUT2D eigenvalue weighted by Crippen LogP contribution is 2.23. The summed E-state index contributed by atoms with van der Waals surface area (Å²) in [6.07, 6.45) is 3.34. The molecule has 0 amide bonds. The van der Waals surface area contributed by atoms with Crippen molar-refractivity contribution in [1.82, 2.24) is 5.32 Å². The minimum absolute atomic E-state index is 0.278. The Morgan fingerprint density at radius 2 is 1.61 bits per heavy atom. The van der Waals surface area contributed by atoms with Crippen molar-refractivity contribution in [3.8, 4) is 0 Å². The first-order valence-corrected chi connectivity index (χ1v) is 7.11. The van der Waals surface area contributed by atoms with Gasteiger partial charge in [0.25, 0.3) is 0 Å². The third-order valence-electron chi connectivity index (χ3n) is 3.78. The van der Waals surface area contributed by atoms with Gasteiger partial charge >= 0.3 is 0 Å². The Morgan fingerprint density at radius 3 is 2.06 bits per heavy atom. The lowest BCUT2D eigenvalue weighted by Gasteiger charge is -2.19. The molecule has 0 aliphatic rings. The third-order valence-corrected chi connectivity index (χ3v) is 3.78. The van der Waals surface area contributed by atoms with Gasteiger partial charge in [0.1, 0.15) is 0 Å². The normalized spacial score (nSPS) is 16.3. The first-order chi connectivity index (χ1) is 8.58. The molecule has 2 heteroatoms. The average molecular weight is 248 g/mol. The molecule has 0 aliphatic heterocycles. The van der Waals surface area contributed by atoms with Crippen molar-refractivity contribution >= 4 is 0 Å². The molecule has 102 valence electrons. The number of nitrogens with two attached hydrogens (primary N) is 1. The van der Waals surface area contributed by atoms with E-state index >= 15 is 0 Å². The first-order valence-electron chi connectivity index (χ1n) is 7.11. The summed E-state index contributed by atoms with van der Waals surface area (Å²) in [7, 11) is 2.02. The Bertz CT molecular complexity index is 329. The predicted molar refractivity (Wildman–Crippen MR) is 79.8 cm³/mol. The van der Waals surface area contributed by atoms with Gasteiger partial charge in [-0.15, -0.1) is 0 Å². The quantitative estimate of drug-likeness (QED) is 0.774. The largest absolute Gasteiger partial charge is 0.328 e. The Kier molecular flexibility index (Phi) is 6.37. The fraction of sp³-hybridized carbons (Fsp3) is 0.625. The number of rotatable bonds is 7. The van der Waals surface area contributed by atoms with Gasteiger partial charge in [0.15, 0.2) is 0 Å². The Hall–Kier alpha value is -0.860. The number of nitrogens with one attached hydrogen (secondary N) is 1.